The van der Waals surface area contributed by atoms with E-state index in [2.05, 4.69) is 4.99 Å². The van der Waals surface area contributed by atoms with Crippen molar-refractivity contribution < 1.29 is 4.79 Å². The van der Waals surface area contributed by atoms with E-state index in [4.69, 9.17) is 11.6 Å². The van der Waals surface area contributed by atoms with Crippen molar-refractivity contribution >= 4 is 40.1 Å². The van der Waals surface area contributed by atoms with Gasteiger partial charge >= 0.3 is 0 Å². The maximum atomic E-state index is 12.7. The number of thiophene rings is 1. The van der Waals surface area contributed by atoms with E-state index >= 15 is 0 Å². The van der Waals surface area contributed by atoms with Crippen LogP contribution < -0.4 is 0 Å². The highest BCUT2D eigenvalue weighted by molar-refractivity contribution is 7.16. The third-order valence-corrected chi connectivity index (χ3v) is 4.47. The zero-order valence-corrected chi connectivity index (χ0v) is 14.0. The lowest BCUT2D eigenvalue weighted by atomic mass is 10.0. The van der Waals surface area contributed by atoms with Crippen LogP contribution in [-0.4, -0.2) is 31.1 Å². The van der Waals surface area contributed by atoms with Gasteiger partial charge in [-0.1, -0.05) is 11.6 Å². The molecular formula is C16H17ClN2OS. The monoisotopic (exact) mass is 320 g/mol. The van der Waals surface area contributed by atoms with Gasteiger partial charge in [0.05, 0.1) is 11.9 Å². The van der Waals surface area contributed by atoms with Crippen LogP contribution in [0.5, 0.6) is 0 Å². The number of benzene rings is 1. The van der Waals surface area contributed by atoms with Crippen LogP contribution in [0, 0.1) is 13.8 Å². The topological polar surface area (TPSA) is 32.7 Å². The third-order valence-electron chi connectivity index (χ3n) is 3.11. The van der Waals surface area contributed by atoms with Crippen molar-refractivity contribution in [3.05, 3.63) is 50.9 Å². The summed E-state index contributed by atoms with van der Waals surface area (Å²) in [5, 5.41) is 1.37. The zero-order chi connectivity index (χ0) is 15.6. The number of halogens is 1. The first-order valence-electron chi connectivity index (χ1n) is 6.51. The molecule has 0 N–H and O–H groups in total. The molecule has 0 atom stereocenters. The van der Waals surface area contributed by atoms with Crippen LogP contribution in [0.2, 0.25) is 5.02 Å². The van der Waals surface area contributed by atoms with Crippen molar-refractivity contribution in [3.8, 4) is 0 Å². The summed E-state index contributed by atoms with van der Waals surface area (Å²) in [4.78, 5) is 20.1. The SMILES string of the molecule is Cc1sc(N=CN(C)C)c(C(=O)c2ccc(Cl)cc2)c1C. The van der Waals surface area contributed by atoms with Crippen molar-refractivity contribution in [1.29, 1.82) is 0 Å². The van der Waals surface area contributed by atoms with E-state index in [0.717, 1.165) is 15.4 Å². The highest BCUT2D eigenvalue weighted by Crippen LogP contribution is 2.36. The fourth-order valence-electron chi connectivity index (χ4n) is 1.88. The van der Waals surface area contributed by atoms with E-state index in [1.54, 1.807) is 30.6 Å². The molecule has 1 heterocycles. The molecule has 0 saturated heterocycles. The lowest BCUT2D eigenvalue weighted by Crippen LogP contribution is -2.07. The summed E-state index contributed by atoms with van der Waals surface area (Å²) in [5.41, 5.74) is 2.30. The van der Waals surface area contributed by atoms with E-state index in [9.17, 15) is 4.79 Å². The van der Waals surface area contributed by atoms with Gasteiger partial charge in [0.2, 0.25) is 0 Å². The van der Waals surface area contributed by atoms with Crippen LogP contribution in [0.3, 0.4) is 0 Å². The number of ketones is 1. The molecule has 1 aromatic carbocycles. The molecule has 5 heteroatoms. The number of hydrogen-bond donors (Lipinski definition) is 0. The smallest absolute Gasteiger partial charge is 0.196 e. The second-order valence-electron chi connectivity index (χ2n) is 5.01. The second-order valence-corrected chi connectivity index (χ2v) is 6.65. The lowest BCUT2D eigenvalue weighted by Gasteiger charge is -2.05. The van der Waals surface area contributed by atoms with Gasteiger partial charge in [-0.15, -0.1) is 11.3 Å². The third kappa shape index (κ3) is 3.52. The Morgan fingerprint density at radius 1 is 1.24 bits per heavy atom. The van der Waals surface area contributed by atoms with Gasteiger partial charge in [-0.2, -0.15) is 0 Å². The predicted molar refractivity (Wildman–Crippen MR) is 90.5 cm³/mol. The normalized spacial score (nSPS) is 11.1. The van der Waals surface area contributed by atoms with Gasteiger partial charge in [0, 0.05) is 29.6 Å². The molecule has 0 aliphatic heterocycles. The van der Waals surface area contributed by atoms with Gasteiger partial charge in [0.15, 0.2) is 5.78 Å². The highest BCUT2D eigenvalue weighted by Gasteiger charge is 2.20. The minimum Gasteiger partial charge on any atom is -0.369 e. The summed E-state index contributed by atoms with van der Waals surface area (Å²) in [6.45, 7) is 3.97. The minimum atomic E-state index is -0.0144. The number of rotatable bonds is 4. The van der Waals surface area contributed by atoms with Crippen molar-refractivity contribution in [2.24, 2.45) is 4.99 Å². The molecule has 0 unspecified atom stereocenters. The van der Waals surface area contributed by atoms with Crippen molar-refractivity contribution in [2.45, 2.75) is 13.8 Å². The van der Waals surface area contributed by atoms with E-state index in [1.165, 1.54) is 11.3 Å². The maximum Gasteiger partial charge on any atom is 0.196 e. The minimum absolute atomic E-state index is 0.0144. The summed E-state index contributed by atoms with van der Waals surface area (Å²) in [5.74, 6) is -0.0144. The first-order valence-corrected chi connectivity index (χ1v) is 7.70. The standard InChI is InChI=1S/C16H17ClN2OS/c1-10-11(2)21-16(18-9-19(3)4)14(10)15(20)12-5-7-13(17)8-6-12/h5-9H,1-4H3. The number of carbonyl (C=O) groups excluding carboxylic acids is 1. The molecule has 0 amide bonds. The quantitative estimate of drug-likeness (QED) is 0.473. The number of nitrogens with zero attached hydrogens (tertiary/aromatic N) is 2. The molecule has 1 aromatic heterocycles. The Kier molecular flexibility index (Phi) is 4.80. The molecule has 0 spiro atoms. The molecule has 0 bridgehead atoms. The first-order chi connectivity index (χ1) is 9.90. The molecule has 2 aromatic rings. The van der Waals surface area contributed by atoms with Crippen LogP contribution >= 0.6 is 22.9 Å². The van der Waals surface area contributed by atoms with Gasteiger partial charge in [-0.05, 0) is 43.7 Å². The fourth-order valence-corrected chi connectivity index (χ4v) is 3.00. The Hall–Kier alpha value is -1.65. The van der Waals surface area contributed by atoms with Crippen molar-refractivity contribution in [1.82, 2.24) is 4.90 Å². The summed E-state index contributed by atoms with van der Waals surface area (Å²) in [6.07, 6.45) is 1.71. The van der Waals surface area contributed by atoms with Crippen molar-refractivity contribution in [2.75, 3.05) is 14.1 Å². The Morgan fingerprint density at radius 2 is 1.86 bits per heavy atom. The Morgan fingerprint density at radius 3 is 2.43 bits per heavy atom. The maximum absolute atomic E-state index is 12.7. The molecule has 0 aliphatic carbocycles. The van der Waals surface area contributed by atoms with Gasteiger partial charge in [-0.25, -0.2) is 4.99 Å². The van der Waals surface area contributed by atoms with E-state index < -0.39 is 0 Å². The number of aliphatic imine (C=N–C) groups is 1. The lowest BCUT2D eigenvalue weighted by molar-refractivity contribution is 0.103. The van der Waals surface area contributed by atoms with Gasteiger partial charge < -0.3 is 4.90 Å². The second kappa shape index (κ2) is 6.41. The van der Waals surface area contributed by atoms with E-state index in [1.807, 2.05) is 32.8 Å². The number of aryl methyl sites for hydroxylation is 1. The first kappa shape index (κ1) is 15.7. The zero-order valence-electron chi connectivity index (χ0n) is 12.5. The van der Waals surface area contributed by atoms with Crippen LogP contribution in [0.4, 0.5) is 5.00 Å². The molecule has 2 rings (SSSR count). The van der Waals surface area contributed by atoms with Crippen molar-refractivity contribution in [3.63, 3.8) is 0 Å². The average Bonchev–Trinajstić information content (AvgIpc) is 2.72. The van der Waals surface area contributed by atoms with Gasteiger partial charge in [0.1, 0.15) is 5.00 Å². The molecule has 3 nitrogen and oxygen atoms in total. The highest BCUT2D eigenvalue weighted by atomic mass is 35.5. The van der Waals surface area contributed by atoms with E-state index in [0.29, 0.717) is 16.1 Å². The molecule has 0 radical (unpaired) electrons. The summed E-state index contributed by atoms with van der Waals surface area (Å²) in [7, 11) is 3.80. The molecule has 0 aliphatic rings. The summed E-state index contributed by atoms with van der Waals surface area (Å²) < 4.78 is 0. The predicted octanol–water partition coefficient (Wildman–Crippen LogP) is 4.47. The molecule has 21 heavy (non-hydrogen) atoms. The Labute approximate surface area is 133 Å². The fraction of sp³-hybridized carbons (Fsp3) is 0.250. The molecule has 0 saturated carbocycles. The Balaban J connectivity index is 2.47. The van der Waals surface area contributed by atoms with Crippen LogP contribution in [0.15, 0.2) is 29.3 Å². The summed E-state index contributed by atoms with van der Waals surface area (Å²) >= 11 is 7.41. The van der Waals surface area contributed by atoms with Crippen LogP contribution in [-0.2, 0) is 0 Å². The van der Waals surface area contributed by atoms with E-state index in [-0.39, 0.29) is 5.78 Å². The molecule has 0 fully saturated rings. The Bertz CT molecular complexity index is 687. The van der Waals surface area contributed by atoms with Crippen LogP contribution in [0.25, 0.3) is 0 Å². The van der Waals surface area contributed by atoms with Gasteiger partial charge in [0.25, 0.3) is 0 Å². The average molecular weight is 321 g/mol. The van der Waals surface area contributed by atoms with Gasteiger partial charge in [-0.3, -0.25) is 4.79 Å². The molecule has 110 valence electrons. The molecular weight excluding hydrogens is 304 g/mol. The largest absolute Gasteiger partial charge is 0.369 e. The summed E-state index contributed by atoms with van der Waals surface area (Å²) in [6, 6.07) is 6.95. The van der Waals surface area contributed by atoms with Crippen LogP contribution in [0.1, 0.15) is 26.4 Å². The number of hydrogen-bond acceptors (Lipinski definition) is 3. The number of carbonyl (C=O) groups is 1.